The molecule has 1 saturated heterocycles. The summed E-state index contributed by atoms with van der Waals surface area (Å²) < 4.78 is 5.72. The second-order valence-electron chi connectivity index (χ2n) is 5.45. The van der Waals surface area contributed by atoms with Gasteiger partial charge in [-0.1, -0.05) is 12.1 Å². The number of para-hydroxylation sites is 1. The highest BCUT2D eigenvalue weighted by molar-refractivity contribution is 5.81. The number of nitrogens with one attached hydrogen (secondary N) is 1. The van der Waals surface area contributed by atoms with E-state index in [4.69, 9.17) is 9.72 Å². The lowest BCUT2D eigenvalue weighted by Crippen LogP contribution is -2.30. The van der Waals surface area contributed by atoms with Gasteiger partial charge in [0.2, 0.25) is 5.95 Å². The number of hydrogen-bond acceptors (Lipinski definition) is 3. The van der Waals surface area contributed by atoms with Gasteiger partial charge in [-0.15, -0.1) is 0 Å². The van der Waals surface area contributed by atoms with E-state index < -0.39 is 0 Å². The van der Waals surface area contributed by atoms with Crippen LogP contribution >= 0.6 is 0 Å². The minimum atomic E-state index is 0.0844. The van der Waals surface area contributed by atoms with Gasteiger partial charge in [-0.05, 0) is 39.2 Å². The van der Waals surface area contributed by atoms with E-state index in [2.05, 4.69) is 35.0 Å². The van der Waals surface area contributed by atoms with Gasteiger partial charge < -0.3 is 14.6 Å². The molecule has 0 radical (unpaired) electrons. The van der Waals surface area contributed by atoms with E-state index >= 15 is 0 Å². The van der Waals surface area contributed by atoms with Crippen LogP contribution in [0.25, 0.3) is 11.0 Å². The molecule has 1 N–H and O–H groups in total. The van der Waals surface area contributed by atoms with E-state index in [1.54, 1.807) is 0 Å². The molecule has 0 amide bonds. The van der Waals surface area contributed by atoms with Gasteiger partial charge in [0, 0.05) is 25.3 Å². The summed E-state index contributed by atoms with van der Waals surface area (Å²) in [7, 11) is 0. The Kier molecular flexibility index (Phi) is 3.92. The van der Waals surface area contributed by atoms with Crippen molar-refractivity contribution >= 4 is 17.0 Å². The third-order valence-electron chi connectivity index (χ3n) is 4.04. The van der Waals surface area contributed by atoms with Gasteiger partial charge in [0.1, 0.15) is 0 Å². The number of benzene rings is 1. The van der Waals surface area contributed by atoms with Gasteiger partial charge >= 0.3 is 0 Å². The first-order valence-electron chi connectivity index (χ1n) is 7.64. The summed E-state index contributed by atoms with van der Waals surface area (Å²) >= 11 is 0. The molecule has 1 aromatic heterocycles. The Bertz CT molecular complexity index is 572. The summed E-state index contributed by atoms with van der Waals surface area (Å²) in [5, 5.41) is 0. The fourth-order valence-electron chi connectivity index (χ4n) is 2.96. The van der Waals surface area contributed by atoms with Gasteiger partial charge in [-0.2, -0.15) is 0 Å². The predicted octanol–water partition coefficient (Wildman–Crippen LogP) is 3.65. The molecule has 1 aliphatic rings. The first-order chi connectivity index (χ1) is 9.79. The smallest absolute Gasteiger partial charge is 0.203 e. The quantitative estimate of drug-likeness (QED) is 0.924. The lowest BCUT2D eigenvalue weighted by atomic mass is 10.1. The molecule has 0 saturated carbocycles. The number of aromatic amines is 1. The maximum absolute atomic E-state index is 5.72. The van der Waals surface area contributed by atoms with Crippen molar-refractivity contribution in [1.82, 2.24) is 9.97 Å². The Morgan fingerprint density at radius 1 is 1.30 bits per heavy atom. The van der Waals surface area contributed by atoms with Gasteiger partial charge in [0.25, 0.3) is 0 Å². The molecule has 108 valence electrons. The highest BCUT2D eigenvalue weighted by Crippen LogP contribution is 2.27. The lowest BCUT2D eigenvalue weighted by molar-refractivity contribution is 0.0773. The Hall–Kier alpha value is -1.55. The van der Waals surface area contributed by atoms with Crippen LogP contribution in [0.5, 0.6) is 0 Å². The number of rotatable bonds is 4. The van der Waals surface area contributed by atoms with Crippen molar-refractivity contribution in [2.45, 2.75) is 39.2 Å². The average molecular weight is 273 g/mol. The standard InChI is InChI=1S/C16H23N3O/c1-3-20-12(2)13-8-7-9-14-15(13)18-16(17-14)19-10-5-4-6-11-19/h7-9,12H,3-6,10-11H2,1-2H3,(H,17,18). The molecule has 1 fully saturated rings. The number of H-pyrrole nitrogens is 1. The molecule has 2 heterocycles. The van der Waals surface area contributed by atoms with E-state index in [0.717, 1.165) is 36.7 Å². The lowest BCUT2D eigenvalue weighted by Gasteiger charge is -2.25. The molecule has 20 heavy (non-hydrogen) atoms. The number of ether oxygens (including phenoxy) is 1. The molecule has 1 aliphatic heterocycles. The third-order valence-corrected chi connectivity index (χ3v) is 4.04. The number of hydrogen-bond donors (Lipinski definition) is 1. The highest BCUT2D eigenvalue weighted by Gasteiger charge is 2.17. The number of fused-ring (bicyclic) bond motifs is 1. The van der Waals surface area contributed by atoms with Gasteiger partial charge in [-0.25, -0.2) is 4.98 Å². The van der Waals surface area contributed by atoms with Crippen LogP contribution in [-0.4, -0.2) is 29.7 Å². The number of aromatic nitrogens is 2. The van der Waals surface area contributed by atoms with Crippen LogP contribution in [0, 0.1) is 0 Å². The van der Waals surface area contributed by atoms with Crippen molar-refractivity contribution in [2.75, 3.05) is 24.6 Å². The Morgan fingerprint density at radius 3 is 2.85 bits per heavy atom. The van der Waals surface area contributed by atoms with E-state index in [1.165, 1.54) is 24.8 Å². The molecule has 4 heteroatoms. The fourth-order valence-corrected chi connectivity index (χ4v) is 2.96. The first-order valence-corrected chi connectivity index (χ1v) is 7.64. The molecular weight excluding hydrogens is 250 g/mol. The summed E-state index contributed by atoms with van der Waals surface area (Å²) in [6.07, 6.45) is 3.95. The van der Waals surface area contributed by atoms with Crippen LogP contribution in [0.4, 0.5) is 5.95 Å². The van der Waals surface area contributed by atoms with Gasteiger partial charge in [0.15, 0.2) is 0 Å². The molecule has 2 aromatic rings. The normalized spacial score (nSPS) is 17.6. The largest absolute Gasteiger partial charge is 0.374 e. The molecule has 4 nitrogen and oxygen atoms in total. The zero-order chi connectivity index (χ0) is 13.9. The molecule has 3 rings (SSSR count). The maximum Gasteiger partial charge on any atom is 0.203 e. The zero-order valence-corrected chi connectivity index (χ0v) is 12.4. The second kappa shape index (κ2) is 5.83. The van der Waals surface area contributed by atoms with Gasteiger partial charge in [0.05, 0.1) is 17.1 Å². The average Bonchev–Trinajstić information content (AvgIpc) is 2.92. The fraction of sp³-hybridized carbons (Fsp3) is 0.562. The molecule has 0 spiro atoms. The molecule has 1 aromatic carbocycles. The highest BCUT2D eigenvalue weighted by atomic mass is 16.5. The minimum absolute atomic E-state index is 0.0844. The third kappa shape index (κ3) is 2.52. The number of piperidine rings is 1. The van der Waals surface area contributed by atoms with Crippen LogP contribution < -0.4 is 4.90 Å². The van der Waals surface area contributed by atoms with Crippen molar-refractivity contribution in [3.05, 3.63) is 23.8 Å². The van der Waals surface area contributed by atoms with Gasteiger partial charge in [-0.3, -0.25) is 0 Å². The van der Waals surface area contributed by atoms with Crippen molar-refractivity contribution in [2.24, 2.45) is 0 Å². The Balaban J connectivity index is 1.95. The molecule has 0 bridgehead atoms. The molecular formula is C16H23N3O. The minimum Gasteiger partial charge on any atom is -0.374 e. The number of nitrogens with zero attached hydrogens (tertiary/aromatic N) is 2. The summed E-state index contributed by atoms with van der Waals surface area (Å²) in [6, 6.07) is 6.28. The number of imidazole rings is 1. The van der Waals surface area contributed by atoms with Crippen LogP contribution in [0.1, 0.15) is 44.8 Å². The van der Waals surface area contributed by atoms with Crippen LogP contribution in [0.3, 0.4) is 0 Å². The monoisotopic (exact) mass is 273 g/mol. The topological polar surface area (TPSA) is 41.1 Å². The van der Waals surface area contributed by atoms with Crippen molar-refractivity contribution < 1.29 is 4.74 Å². The van der Waals surface area contributed by atoms with E-state index in [-0.39, 0.29) is 6.10 Å². The van der Waals surface area contributed by atoms with Crippen molar-refractivity contribution in [1.29, 1.82) is 0 Å². The SMILES string of the molecule is CCOC(C)c1cccc2[nH]c(N3CCCCC3)nc12. The molecule has 1 atom stereocenters. The summed E-state index contributed by atoms with van der Waals surface area (Å²) in [4.78, 5) is 10.7. The van der Waals surface area contributed by atoms with E-state index in [9.17, 15) is 0 Å². The number of anilines is 1. The first kappa shape index (κ1) is 13.4. The Labute approximate surface area is 120 Å². The molecule has 1 unspecified atom stereocenters. The van der Waals surface area contributed by atoms with Crippen LogP contribution in [-0.2, 0) is 4.74 Å². The maximum atomic E-state index is 5.72. The molecule has 0 aliphatic carbocycles. The van der Waals surface area contributed by atoms with Crippen LogP contribution in [0.15, 0.2) is 18.2 Å². The van der Waals surface area contributed by atoms with Crippen LogP contribution in [0.2, 0.25) is 0 Å². The van der Waals surface area contributed by atoms with E-state index in [1.807, 2.05) is 6.92 Å². The summed E-state index contributed by atoms with van der Waals surface area (Å²) in [6.45, 7) is 7.06. The predicted molar refractivity (Wildman–Crippen MR) is 82.2 cm³/mol. The Morgan fingerprint density at radius 2 is 2.10 bits per heavy atom. The summed E-state index contributed by atoms with van der Waals surface area (Å²) in [5.74, 6) is 1.01. The second-order valence-corrected chi connectivity index (χ2v) is 5.45. The van der Waals surface area contributed by atoms with Crippen molar-refractivity contribution in [3.8, 4) is 0 Å². The van der Waals surface area contributed by atoms with Crippen molar-refractivity contribution in [3.63, 3.8) is 0 Å². The zero-order valence-electron chi connectivity index (χ0n) is 12.4. The van der Waals surface area contributed by atoms with E-state index in [0.29, 0.717) is 0 Å². The summed E-state index contributed by atoms with van der Waals surface area (Å²) in [5.41, 5.74) is 3.33.